The van der Waals surface area contributed by atoms with Crippen LogP contribution in [0.4, 0.5) is 16.2 Å². The SMILES string of the molecule is CS(=O)(=O)Nc1cccc(NC(=O)N2CCC(C(N)=O)CC2)c1. The van der Waals surface area contributed by atoms with Gasteiger partial charge in [-0.3, -0.25) is 9.52 Å². The van der Waals surface area contributed by atoms with E-state index in [0.717, 1.165) is 6.26 Å². The van der Waals surface area contributed by atoms with Crippen LogP contribution < -0.4 is 15.8 Å². The van der Waals surface area contributed by atoms with Crippen LogP contribution in [-0.2, 0) is 14.8 Å². The molecule has 1 aromatic carbocycles. The van der Waals surface area contributed by atoms with Gasteiger partial charge in [-0.1, -0.05) is 6.07 Å². The van der Waals surface area contributed by atoms with E-state index >= 15 is 0 Å². The van der Waals surface area contributed by atoms with E-state index in [0.29, 0.717) is 37.3 Å². The number of sulfonamides is 1. The van der Waals surface area contributed by atoms with Crippen LogP contribution in [0.1, 0.15) is 12.8 Å². The third kappa shape index (κ3) is 5.13. The molecule has 0 unspecified atom stereocenters. The summed E-state index contributed by atoms with van der Waals surface area (Å²) in [5.41, 5.74) is 6.12. The van der Waals surface area contributed by atoms with Gasteiger partial charge in [0.1, 0.15) is 0 Å². The molecule has 3 amide bonds. The lowest BCUT2D eigenvalue weighted by atomic mass is 9.96. The Bertz CT molecular complexity index is 696. The molecular formula is C14H20N4O4S. The van der Waals surface area contributed by atoms with E-state index in [-0.39, 0.29) is 17.9 Å². The van der Waals surface area contributed by atoms with Gasteiger partial charge in [0.25, 0.3) is 0 Å². The highest BCUT2D eigenvalue weighted by molar-refractivity contribution is 7.92. The minimum Gasteiger partial charge on any atom is -0.369 e. The normalized spacial score (nSPS) is 16.0. The molecule has 9 heteroatoms. The van der Waals surface area contributed by atoms with Crippen molar-refractivity contribution >= 4 is 33.3 Å². The number of piperidine rings is 1. The predicted octanol–water partition coefficient (Wildman–Crippen LogP) is 0.787. The highest BCUT2D eigenvalue weighted by atomic mass is 32.2. The molecule has 0 bridgehead atoms. The van der Waals surface area contributed by atoms with Crippen molar-refractivity contribution in [3.8, 4) is 0 Å². The molecule has 0 aliphatic carbocycles. The lowest BCUT2D eigenvalue weighted by molar-refractivity contribution is -0.122. The minimum absolute atomic E-state index is 0.179. The number of urea groups is 1. The van der Waals surface area contributed by atoms with Crippen molar-refractivity contribution in [2.45, 2.75) is 12.8 Å². The molecule has 8 nitrogen and oxygen atoms in total. The first-order valence-electron chi connectivity index (χ1n) is 7.18. The Morgan fingerprint density at radius 3 is 2.39 bits per heavy atom. The number of likely N-dealkylation sites (tertiary alicyclic amines) is 1. The van der Waals surface area contributed by atoms with E-state index in [9.17, 15) is 18.0 Å². The predicted molar refractivity (Wildman–Crippen MR) is 87.4 cm³/mol. The Kier molecular flexibility index (Phi) is 5.09. The van der Waals surface area contributed by atoms with E-state index in [2.05, 4.69) is 10.0 Å². The van der Waals surface area contributed by atoms with Gasteiger partial charge >= 0.3 is 6.03 Å². The van der Waals surface area contributed by atoms with Crippen molar-refractivity contribution in [1.29, 1.82) is 0 Å². The summed E-state index contributed by atoms with van der Waals surface area (Å²) in [6.45, 7) is 0.918. The number of hydrogen-bond acceptors (Lipinski definition) is 4. The summed E-state index contributed by atoms with van der Waals surface area (Å²) < 4.78 is 24.8. The topological polar surface area (TPSA) is 122 Å². The molecule has 0 saturated carbocycles. The summed E-state index contributed by atoms with van der Waals surface area (Å²) in [4.78, 5) is 24.9. The van der Waals surface area contributed by atoms with Gasteiger partial charge in [0.05, 0.1) is 11.9 Å². The average molecular weight is 340 g/mol. The maximum atomic E-state index is 12.2. The maximum absolute atomic E-state index is 12.2. The second kappa shape index (κ2) is 6.86. The number of nitrogens with zero attached hydrogens (tertiary/aromatic N) is 1. The Morgan fingerprint density at radius 2 is 1.83 bits per heavy atom. The zero-order valence-electron chi connectivity index (χ0n) is 12.8. The zero-order chi connectivity index (χ0) is 17.0. The van der Waals surface area contributed by atoms with Crippen LogP contribution >= 0.6 is 0 Å². The van der Waals surface area contributed by atoms with Crippen molar-refractivity contribution in [2.24, 2.45) is 11.7 Å². The fourth-order valence-corrected chi connectivity index (χ4v) is 3.00. The molecule has 1 aliphatic rings. The first-order valence-corrected chi connectivity index (χ1v) is 9.07. The number of primary amides is 1. The Morgan fingerprint density at radius 1 is 1.22 bits per heavy atom. The Balaban J connectivity index is 1.96. The summed E-state index contributed by atoms with van der Waals surface area (Å²) in [6, 6.07) is 6.15. The van der Waals surface area contributed by atoms with E-state index in [1.807, 2.05) is 0 Å². The first kappa shape index (κ1) is 17.1. The fraction of sp³-hybridized carbons (Fsp3) is 0.429. The van der Waals surface area contributed by atoms with Crippen LogP contribution in [0.25, 0.3) is 0 Å². The van der Waals surface area contributed by atoms with Gasteiger partial charge in [0.2, 0.25) is 15.9 Å². The Hall–Kier alpha value is -2.29. The molecule has 1 heterocycles. The van der Waals surface area contributed by atoms with Crippen molar-refractivity contribution in [3.05, 3.63) is 24.3 Å². The molecule has 0 atom stereocenters. The average Bonchev–Trinajstić information content (AvgIpc) is 2.46. The molecule has 1 fully saturated rings. The van der Waals surface area contributed by atoms with Crippen LogP contribution in [0.2, 0.25) is 0 Å². The van der Waals surface area contributed by atoms with Crippen molar-refractivity contribution < 1.29 is 18.0 Å². The van der Waals surface area contributed by atoms with Crippen LogP contribution in [0.15, 0.2) is 24.3 Å². The number of nitrogens with two attached hydrogens (primary N) is 1. The number of anilines is 2. The van der Waals surface area contributed by atoms with E-state index in [4.69, 9.17) is 5.73 Å². The van der Waals surface area contributed by atoms with Gasteiger partial charge in [-0.2, -0.15) is 0 Å². The fourth-order valence-electron chi connectivity index (χ4n) is 2.44. The van der Waals surface area contributed by atoms with E-state index < -0.39 is 10.0 Å². The molecule has 1 aromatic rings. The van der Waals surface area contributed by atoms with Gasteiger partial charge in [-0.05, 0) is 31.0 Å². The molecule has 1 aliphatic heterocycles. The monoisotopic (exact) mass is 340 g/mol. The summed E-state index contributed by atoms with van der Waals surface area (Å²) in [7, 11) is -3.37. The largest absolute Gasteiger partial charge is 0.369 e. The van der Waals surface area contributed by atoms with Gasteiger partial charge in [0, 0.05) is 24.7 Å². The van der Waals surface area contributed by atoms with E-state index in [1.165, 1.54) is 6.07 Å². The third-order valence-electron chi connectivity index (χ3n) is 3.60. The highest BCUT2D eigenvalue weighted by Crippen LogP contribution is 2.19. The van der Waals surface area contributed by atoms with Crippen molar-refractivity contribution in [1.82, 2.24) is 4.90 Å². The molecule has 1 saturated heterocycles. The standard InChI is InChI=1S/C14H20N4O4S/c1-23(21,22)17-12-4-2-3-11(9-12)16-14(20)18-7-5-10(6-8-18)13(15)19/h2-4,9-10,17H,5-8H2,1H3,(H2,15,19)(H,16,20). The van der Waals surface area contributed by atoms with E-state index in [1.54, 1.807) is 23.1 Å². The molecular weight excluding hydrogens is 320 g/mol. The summed E-state index contributed by atoms with van der Waals surface area (Å²) >= 11 is 0. The van der Waals surface area contributed by atoms with Crippen molar-refractivity contribution in [3.63, 3.8) is 0 Å². The second-order valence-corrected chi connectivity index (χ2v) is 7.30. The van der Waals surface area contributed by atoms with Gasteiger partial charge < -0.3 is 16.0 Å². The summed E-state index contributed by atoms with van der Waals surface area (Å²) in [6.07, 6.45) is 2.16. The number of rotatable bonds is 4. The smallest absolute Gasteiger partial charge is 0.321 e. The van der Waals surface area contributed by atoms with Gasteiger partial charge in [-0.25, -0.2) is 13.2 Å². The number of amides is 3. The molecule has 0 spiro atoms. The molecule has 2 rings (SSSR count). The third-order valence-corrected chi connectivity index (χ3v) is 4.21. The lowest BCUT2D eigenvalue weighted by Gasteiger charge is -2.30. The van der Waals surface area contributed by atoms with Crippen LogP contribution in [0.3, 0.4) is 0 Å². The maximum Gasteiger partial charge on any atom is 0.321 e. The number of carbonyl (C=O) groups excluding carboxylic acids is 2. The molecule has 0 aromatic heterocycles. The highest BCUT2D eigenvalue weighted by Gasteiger charge is 2.25. The van der Waals surface area contributed by atoms with Gasteiger partial charge in [0.15, 0.2) is 0 Å². The second-order valence-electron chi connectivity index (χ2n) is 5.55. The lowest BCUT2D eigenvalue weighted by Crippen LogP contribution is -2.43. The number of carbonyl (C=O) groups is 2. The van der Waals surface area contributed by atoms with Crippen LogP contribution in [-0.4, -0.2) is 44.6 Å². The van der Waals surface area contributed by atoms with Crippen molar-refractivity contribution in [2.75, 3.05) is 29.4 Å². The zero-order valence-corrected chi connectivity index (χ0v) is 13.6. The molecule has 4 N–H and O–H groups in total. The summed E-state index contributed by atoms with van der Waals surface area (Å²) in [5, 5.41) is 2.72. The summed E-state index contributed by atoms with van der Waals surface area (Å²) in [5.74, 6) is -0.508. The first-order chi connectivity index (χ1) is 10.7. The Labute approximate surface area is 135 Å². The minimum atomic E-state index is -3.37. The van der Waals surface area contributed by atoms with Crippen LogP contribution in [0.5, 0.6) is 0 Å². The number of nitrogens with one attached hydrogen (secondary N) is 2. The number of hydrogen-bond donors (Lipinski definition) is 3. The quantitative estimate of drug-likeness (QED) is 0.750. The number of benzene rings is 1. The van der Waals surface area contributed by atoms with Crippen LogP contribution in [0, 0.1) is 5.92 Å². The molecule has 0 radical (unpaired) electrons. The van der Waals surface area contributed by atoms with Gasteiger partial charge in [-0.15, -0.1) is 0 Å². The molecule has 126 valence electrons. The molecule has 23 heavy (non-hydrogen) atoms.